The summed E-state index contributed by atoms with van der Waals surface area (Å²) in [5, 5.41) is 0.598. The number of aromatic nitrogens is 1. The molecule has 1 rings (SSSR count). The minimum Gasteiger partial charge on any atom is -0.338 e. The molecular formula is C13H18Cl2N2O. The van der Waals surface area contributed by atoms with Gasteiger partial charge in [-0.25, -0.2) is 4.98 Å². The van der Waals surface area contributed by atoms with Crippen LogP contribution in [0.1, 0.15) is 37.7 Å². The quantitative estimate of drug-likeness (QED) is 0.788. The molecule has 100 valence electrons. The summed E-state index contributed by atoms with van der Waals surface area (Å²) in [5.74, 6) is 0.327. The first kappa shape index (κ1) is 15.3. The number of hydrogen-bond donors (Lipinski definition) is 0. The van der Waals surface area contributed by atoms with E-state index in [4.69, 9.17) is 23.2 Å². The molecule has 1 heterocycles. The van der Waals surface area contributed by atoms with Crippen molar-refractivity contribution in [3.05, 3.63) is 28.0 Å². The second-order valence-corrected chi connectivity index (χ2v) is 5.65. The summed E-state index contributed by atoms with van der Waals surface area (Å²) in [4.78, 5) is 17.9. The van der Waals surface area contributed by atoms with Gasteiger partial charge in [-0.15, -0.1) is 0 Å². The fourth-order valence-electron chi connectivity index (χ4n) is 1.78. The molecule has 0 aliphatic heterocycles. The Morgan fingerprint density at radius 2 is 1.94 bits per heavy atom. The van der Waals surface area contributed by atoms with E-state index >= 15 is 0 Å². The number of carbonyl (C=O) groups excluding carboxylic acids is 1. The fraction of sp³-hybridized carbons (Fsp3) is 0.538. The van der Waals surface area contributed by atoms with E-state index in [1.165, 1.54) is 0 Å². The maximum atomic E-state index is 12.3. The van der Waals surface area contributed by atoms with Crippen LogP contribution in [0.3, 0.4) is 0 Å². The molecule has 3 nitrogen and oxygen atoms in total. The number of carbonyl (C=O) groups is 1. The lowest BCUT2D eigenvalue weighted by Crippen LogP contribution is -2.36. The summed E-state index contributed by atoms with van der Waals surface area (Å²) >= 11 is 11.8. The Balaban J connectivity index is 2.89. The van der Waals surface area contributed by atoms with Crippen LogP contribution in [-0.4, -0.2) is 28.9 Å². The van der Waals surface area contributed by atoms with Gasteiger partial charge in [-0.2, -0.15) is 0 Å². The first-order valence-electron chi connectivity index (χ1n) is 5.92. The molecule has 0 bridgehead atoms. The Kier molecular flexibility index (Phi) is 5.42. The molecule has 1 aromatic heterocycles. The van der Waals surface area contributed by atoms with Crippen LogP contribution >= 0.6 is 23.2 Å². The van der Waals surface area contributed by atoms with E-state index in [9.17, 15) is 4.79 Å². The highest BCUT2D eigenvalue weighted by atomic mass is 35.5. The third-order valence-electron chi connectivity index (χ3n) is 2.81. The van der Waals surface area contributed by atoms with Crippen LogP contribution in [0.5, 0.6) is 0 Å². The first-order chi connectivity index (χ1) is 8.32. The Morgan fingerprint density at radius 1 is 1.33 bits per heavy atom. The van der Waals surface area contributed by atoms with Crippen LogP contribution in [0.25, 0.3) is 0 Å². The van der Waals surface area contributed by atoms with Crippen LogP contribution in [0.2, 0.25) is 10.2 Å². The van der Waals surface area contributed by atoms with E-state index in [1.54, 1.807) is 24.1 Å². The van der Waals surface area contributed by atoms with Crippen molar-refractivity contribution in [3.8, 4) is 0 Å². The topological polar surface area (TPSA) is 33.2 Å². The molecule has 0 aromatic carbocycles. The molecule has 1 atom stereocenters. The molecule has 5 heteroatoms. The predicted octanol–water partition coefficient (Wildman–Crippen LogP) is 3.90. The van der Waals surface area contributed by atoms with E-state index in [0.29, 0.717) is 10.9 Å². The molecule has 0 aliphatic rings. The van der Waals surface area contributed by atoms with Crippen molar-refractivity contribution in [2.75, 3.05) is 7.05 Å². The van der Waals surface area contributed by atoms with Crippen LogP contribution in [-0.2, 0) is 0 Å². The number of nitrogens with zero attached hydrogens (tertiary/aromatic N) is 2. The molecule has 1 aromatic rings. The summed E-state index contributed by atoms with van der Waals surface area (Å²) in [5.41, 5.74) is 0.210. The lowest BCUT2D eigenvalue weighted by molar-refractivity contribution is 0.0722. The van der Waals surface area contributed by atoms with Gasteiger partial charge in [0.05, 0.1) is 5.02 Å². The predicted molar refractivity (Wildman–Crippen MR) is 75.3 cm³/mol. The van der Waals surface area contributed by atoms with Gasteiger partial charge in [-0.1, -0.05) is 37.0 Å². The first-order valence-corrected chi connectivity index (χ1v) is 6.67. The zero-order valence-corrected chi connectivity index (χ0v) is 12.6. The van der Waals surface area contributed by atoms with E-state index in [0.717, 1.165) is 6.42 Å². The zero-order valence-electron chi connectivity index (χ0n) is 11.1. The highest BCUT2D eigenvalue weighted by Crippen LogP contribution is 2.20. The lowest BCUT2D eigenvalue weighted by Gasteiger charge is -2.26. The summed E-state index contributed by atoms with van der Waals surface area (Å²) in [6, 6.07) is 3.29. The van der Waals surface area contributed by atoms with Gasteiger partial charge in [0.25, 0.3) is 5.91 Å². The third-order valence-corrected chi connectivity index (χ3v) is 3.32. The van der Waals surface area contributed by atoms with Gasteiger partial charge in [0, 0.05) is 13.1 Å². The molecule has 18 heavy (non-hydrogen) atoms. The molecular weight excluding hydrogens is 271 g/mol. The van der Waals surface area contributed by atoms with Gasteiger partial charge < -0.3 is 4.90 Å². The summed E-state index contributed by atoms with van der Waals surface area (Å²) in [7, 11) is 1.76. The largest absolute Gasteiger partial charge is 0.338 e. The maximum absolute atomic E-state index is 12.3. The molecule has 0 spiro atoms. The molecule has 1 amide bonds. The Morgan fingerprint density at radius 3 is 2.50 bits per heavy atom. The van der Waals surface area contributed by atoms with Gasteiger partial charge in [-0.05, 0) is 31.4 Å². The smallest absolute Gasteiger partial charge is 0.274 e. The third kappa shape index (κ3) is 3.85. The van der Waals surface area contributed by atoms with Gasteiger partial charge in [0.1, 0.15) is 10.8 Å². The van der Waals surface area contributed by atoms with Gasteiger partial charge in [0.2, 0.25) is 0 Å². The van der Waals surface area contributed by atoms with Crippen molar-refractivity contribution < 1.29 is 4.79 Å². The van der Waals surface area contributed by atoms with Crippen LogP contribution in [0.15, 0.2) is 12.1 Å². The SMILES string of the molecule is CC(C)CC(C)N(C)C(=O)c1nc(Cl)ccc1Cl. The number of pyridine rings is 1. The molecule has 0 radical (unpaired) electrons. The molecule has 0 N–H and O–H groups in total. The van der Waals surface area contributed by atoms with Crippen LogP contribution in [0, 0.1) is 5.92 Å². The van der Waals surface area contributed by atoms with Gasteiger partial charge in [0.15, 0.2) is 0 Å². The van der Waals surface area contributed by atoms with Crippen molar-refractivity contribution in [2.24, 2.45) is 5.92 Å². The lowest BCUT2D eigenvalue weighted by atomic mass is 10.0. The number of amides is 1. The minimum atomic E-state index is -0.198. The van der Waals surface area contributed by atoms with Crippen LogP contribution in [0.4, 0.5) is 0 Å². The van der Waals surface area contributed by atoms with Crippen molar-refractivity contribution >= 4 is 29.1 Å². The van der Waals surface area contributed by atoms with Crippen molar-refractivity contribution in [1.29, 1.82) is 0 Å². The number of rotatable bonds is 4. The molecule has 0 saturated heterocycles. The molecule has 0 aliphatic carbocycles. The standard InChI is InChI=1S/C13H18Cl2N2O/c1-8(2)7-9(3)17(4)13(18)12-10(14)5-6-11(15)16-12/h5-6,8-9H,7H2,1-4H3. The van der Waals surface area contributed by atoms with Crippen LogP contribution < -0.4 is 0 Å². The zero-order chi connectivity index (χ0) is 13.9. The highest BCUT2D eigenvalue weighted by molar-refractivity contribution is 6.34. The molecule has 0 fully saturated rings. The van der Waals surface area contributed by atoms with Crippen molar-refractivity contribution in [1.82, 2.24) is 9.88 Å². The average molecular weight is 289 g/mol. The second-order valence-electron chi connectivity index (χ2n) is 4.86. The molecule has 0 saturated carbocycles. The Hall–Kier alpha value is -0.800. The summed E-state index contributed by atoms with van der Waals surface area (Å²) < 4.78 is 0. The number of hydrogen-bond acceptors (Lipinski definition) is 2. The van der Waals surface area contributed by atoms with Gasteiger partial charge in [-0.3, -0.25) is 4.79 Å². The monoisotopic (exact) mass is 288 g/mol. The average Bonchev–Trinajstić information content (AvgIpc) is 2.29. The Bertz CT molecular complexity index is 435. The second kappa shape index (κ2) is 6.39. The minimum absolute atomic E-state index is 0.134. The van der Waals surface area contributed by atoms with Gasteiger partial charge >= 0.3 is 0 Å². The van der Waals surface area contributed by atoms with E-state index < -0.39 is 0 Å². The van der Waals surface area contributed by atoms with E-state index in [-0.39, 0.29) is 22.8 Å². The van der Waals surface area contributed by atoms with E-state index in [1.807, 2.05) is 6.92 Å². The normalized spacial score (nSPS) is 12.6. The maximum Gasteiger partial charge on any atom is 0.274 e. The fourth-order valence-corrected chi connectivity index (χ4v) is 2.11. The summed E-state index contributed by atoms with van der Waals surface area (Å²) in [6.45, 7) is 6.26. The van der Waals surface area contributed by atoms with Crippen molar-refractivity contribution in [2.45, 2.75) is 33.2 Å². The van der Waals surface area contributed by atoms with E-state index in [2.05, 4.69) is 18.8 Å². The Labute approximate surface area is 118 Å². The van der Waals surface area contributed by atoms with Crippen molar-refractivity contribution in [3.63, 3.8) is 0 Å². The highest BCUT2D eigenvalue weighted by Gasteiger charge is 2.21. The summed E-state index contributed by atoms with van der Waals surface area (Å²) in [6.07, 6.45) is 0.931. The number of halogens is 2. The molecule has 1 unspecified atom stereocenters.